The molecule has 8 heteroatoms. The fourth-order valence-corrected chi connectivity index (χ4v) is 3.40. The second-order valence-corrected chi connectivity index (χ2v) is 8.75. The van der Waals surface area contributed by atoms with Gasteiger partial charge in [-0.05, 0) is 57.7 Å². The molecule has 1 saturated heterocycles. The molecule has 2 rings (SSSR count). The number of amides is 3. The number of ether oxygens (including phenoxy) is 2. The van der Waals surface area contributed by atoms with Crippen LogP contribution in [0.25, 0.3) is 0 Å². The van der Waals surface area contributed by atoms with E-state index < -0.39 is 11.7 Å². The first-order valence-corrected chi connectivity index (χ1v) is 10.8. The number of hydrogen-bond acceptors (Lipinski definition) is 5. The predicted molar refractivity (Wildman–Crippen MR) is 118 cm³/mol. The summed E-state index contributed by atoms with van der Waals surface area (Å²) in [5.74, 6) is 0.816. The summed E-state index contributed by atoms with van der Waals surface area (Å²) in [5, 5.41) is 5.57. The van der Waals surface area contributed by atoms with E-state index in [0.717, 1.165) is 24.2 Å². The van der Waals surface area contributed by atoms with Crippen molar-refractivity contribution in [2.24, 2.45) is 0 Å². The van der Waals surface area contributed by atoms with Gasteiger partial charge in [0.15, 0.2) is 0 Å². The number of likely N-dealkylation sites (tertiary alicyclic amines) is 1. The summed E-state index contributed by atoms with van der Waals surface area (Å²) >= 11 is 0. The average molecular weight is 434 g/mol. The van der Waals surface area contributed by atoms with Crippen molar-refractivity contribution in [2.45, 2.75) is 64.5 Å². The maximum absolute atomic E-state index is 12.5. The number of aryl methyl sites for hydroxylation is 1. The van der Waals surface area contributed by atoms with Crippen molar-refractivity contribution < 1.29 is 23.9 Å². The van der Waals surface area contributed by atoms with Crippen LogP contribution < -0.4 is 15.4 Å². The van der Waals surface area contributed by atoms with Crippen molar-refractivity contribution in [3.05, 3.63) is 29.8 Å². The zero-order chi connectivity index (χ0) is 22.9. The Morgan fingerprint density at radius 1 is 1.13 bits per heavy atom. The zero-order valence-electron chi connectivity index (χ0n) is 19.0. The third-order valence-electron chi connectivity index (χ3n) is 4.99. The van der Waals surface area contributed by atoms with Gasteiger partial charge in [-0.2, -0.15) is 0 Å². The highest BCUT2D eigenvalue weighted by molar-refractivity contribution is 5.78. The Kier molecular flexibility index (Phi) is 9.15. The topological polar surface area (TPSA) is 97.0 Å². The third kappa shape index (κ3) is 9.27. The normalized spacial score (nSPS) is 14.6. The lowest BCUT2D eigenvalue weighted by Gasteiger charge is -2.32. The molecule has 1 aromatic carbocycles. The van der Waals surface area contributed by atoms with Gasteiger partial charge in [-0.1, -0.05) is 12.1 Å². The maximum Gasteiger partial charge on any atom is 0.407 e. The fourth-order valence-electron chi connectivity index (χ4n) is 3.40. The van der Waals surface area contributed by atoms with Crippen molar-refractivity contribution in [2.75, 3.05) is 26.7 Å². The molecule has 1 aromatic rings. The van der Waals surface area contributed by atoms with Gasteiger partial charge in [-0.15, -0.1) is 0 Å². The van der Waals surface area contributed by atoms with Crippen LogP contribution in [0.2, 0.25) is 0 Å². The van der Waals surface area contributed by atoms with Gasteiger partial charge in [0.25, 0.3) is 0 Å². The summed E-state index contributed by atoms with van der Waals surface area (Å²) in [6, 6.07) is 7.81. The molecular weight excluding hydrogens is 398 g/mol. The van der Waals surface area contributed by atoms with Gasteiger partial charge in [-0.25, -0.2) is 4.79 Å². The molecule has 1 fully saturated rings. The number of carbonyl (C=O) groups excluding carboxylic acids is 3. The Labute approximate surface area is 184 Å². The predicted octanol–water partition coefficient (Wildman–Crippen LogP) is 2.65. The highest BCUT2D eigenvalue weighted by Gasteiger charge is 2.23. The molecular formula is C23H35N3O5. The Bertz CT molecular complexity index is 752. The minimum absolute atomic E-state index is 0.0523. The number of nitrogens with one attached hydrogen (secondary N) is 2. The number of piperidine rings is 1. The second kappa shape index (κ2) is 11.6. The van der Waals surface area contributed by atoms with Gasteiger partial charge in [0, 0.05) is 38.5 Å². The lowest BCUT2D eigenvalue weighted by Crippen LogP contribution is -2.47. The molecule has 172 valence electrons. The van der Waals surface area contributed by atoms with Crippen LogP contribution in [0, 0.1) is 0 Å². The van der Waals surface area contributed by atoms with Gasteiger partial charge in [0.2, 0.25) is 11.8 Å². The molecule has 0 spiro atoms. The number of benzene rings is 1. The van der Waals surface area contributed by atoms with Crippen LogP contribution in [-0.2, 0) is 20.7 Å². The Morgan fingerprint density at radius 2 is 1.84 bits per heavy atom. The average Bonchev–Trinajstić information content (AvgIpc) is 2.71. The van der Waals surface area contributed by atoms with Gasteiger partial charge in [0.1, 0.15) is 11.4 Å². The van der Waals surface area contributed by atoms with Crippen molar-refractivity contribution in [1.29, 1.82) is 0 Å². The van der Waals surface area contributed by atoms with Crippen molar-refractivity contribution in [3.63, 3.8) is 0 Å². The second-order valence-electron chi connectivity index (χ2n) is 8.75. The number of methoxy groups -OCH3 is 1. The number of carbonyl (C=O) groups is 3. The quantitative estimate of drug-likeness (QED) is 0.657. The highest BCUT2D eigenvalue weighted by Crippen LogP contribution is 2.16. The third-order valence-corrected chi connectivity index (χ3v) is 4.99. The minimum atomic E-state index is -0.564. The SMILES string of the molecule is COc1cccc(CCC(=O)N2CCC(NC(=O)CCNC(=O)OC(C)(C)C)CC2)c1. The Balaban J connectivity index is 1.63. The lowest BCUT2D eigenvalue weighted by atomic mass is 10.0. The summed E-state index contributed by atoms with van der Waals surface area (Å²) < 4.78 is 10.4. The number of rotatable bonds is 8. The standard InChI is InChI=1S/C23H35N3O5/c1-23(2,3)31-22(29)24-13-10-20(27)25-18-11-14-26(15-12-18)21(28)9-8-17-6-5-7-19(16-17)30-4/h5-7,16,18H,8-15H2,1-4H3,(H,24,29)(H,25,27). The van der Waals surface area contributed by atoms with Crippen LogP contribution in [0.3, 0.4) is 0 Å². The van der Waals surface area contributed by atoms with E-state index in [2.05, 4.69) is 10.6 Å². The molecule has 0 atom stereocenters. The number of nitrogens with zero attached hydrogens (tertiary/aromatic N) is 1. The van der Waals surface area contributed by atoms with Crippen molar-refractivity contribution in [3.8, 4) is 5.75 Å². The molecule has 2 N–H and O–H groups in total. The summed E-state index contributed by atoms with van der Waals surface area (Å²) in [6.45, 7) is 6.86. The van der Waals surface area contributed by atoms with E-state index in [0.29, 0.717) is 25.9 Å². The number of hydrogen-bond donors (Lipinski definition) is 2. The van der Waals surface area contributed by atoms with Crippen molar-refractivity contribution >= 4 is 17.9 Å². The summed E-state index contributed by atoms with van der Waals surface area (Å²) in [4.78, 5) is 38.1. The Morgan fingerprint density at radius 3 is 2.48 bits per heavy atom. The van der Waals surface area contributed by atoms with E-state index in [-0.39, 0.29) is 30.8 Å². The van der Waals surface area contributed by atoms with E-state index in [9.17, 15) is 14.4 Å². The van der Waals surface area contributed by atoms with Gasteiger partial charge >= 0.3 is 6.09 Å². The minimum Gasteiger partial charge on any atom is -0.497 e. The Hall–Kier alpha value is -2.77. The molecule has 8 nitrogen and oxygen atoms in total. The first kappa shape index (κ1) is 24.5. The van der Waals surface area contributed by atoms with Crippen LogP contribution in [0.4, 0.5) is 4.79 Å². The van der Waals surface area contributed by atoms with E-state index in [4.69, 9.17) is 9.47 Å². The first-order valence-electron chi connectivity index (χ1n) is 10.8. The van der Waals surface area contributed by atoms with E-state index in [1.54, 1.807) is 27.9 Å². The fraction of sp³-hybridized carbons (Fsp3) is 0.609. The van der Waals surface area contributed by atoms with E-state index >= 15 is 0 Å². The molecule has 0 aliphatic carbocycles. The summed E-state index contributed by atoms with van der Waals surface area (Å²) in [7, 11) is 1.63. The molecule has 0 aromatic heterocycles. The first-order chi connectivity index (χ1) is 14.7. The monoisotopic (exact) mass is 433 g/mol. The summed E-state index contributed by atoms with van der Waals surface area (Å²) in [5.41, 5.74) is 0.515. The van der Waals surface area contributed by atoms with Crippen LogP contribution in [0.5, 0.6) is 5.75 Å². The van der Waals surface area contributed by atoms with Crippen LogP contribution in [0.1, 0.15) is 52.0 Å². The molecule has 31 heavy (non-hydrogen) atoms. The van der Waals surface area contributed by atoms with Crippen LogP contribution >= 0.6 is 0 Å². The molecule has 0 bridgehead atoms. The van der Waals surface area contributed by atoms with Gasteiger partial charge in [0.05, 0.1) is 7.11 Å². The molecule has 1 aliphatic rings. The van der Waals surface area contributed by atoms with E-state index in [1.807, 2.05) is 29.2 Å². The molecule has 0 saturated carbocycles. The molecule has 1 aliphatic heterocycles. The summed E-state index contributed by atoms with van der Waals surface area (Å²) in [6.07, 6.45) is 2.27. The van der Waals surface area contributed by atoms with Crippen LogP contribution in [-0.4, -0.2) is 61.2 Å². The largest absolute Gasteiger partial charge is 0.497 e. The van der Waals surface area contributed by atoms with Crippen molar-refractivity contribution in [1.82, 2.24) is 15.5 Å². The maximum atomic E-state index is 12.5. The van der Waals surface area contributed by atoms with Gasteiger partial charge in [-0.3, -0.25) is 9.59 Å². The highest BCUT2D eigenvalue weighted by atomic mass is 16.6. The number of alkyl carbamates (subject to hydrolysis) is 1. The zero-order valence-corrected chi connectivity index (χ0v) is 19.0. The smallest absolute Gasteiger partial charge is 0.407 e. The van der Waals surface area contributed by atoms with Gasteiger partial charge < -0.3 is 25.0 Å². The molecule has 0 radical (unpaired) electrons. The molecule has 3 amide bonds. The van der Waals surface area contributed by atoms with Crippen LogP contribution in [0.15, 0.2) is 24.3 Å². The molecule has 0 unspecified atom stereocenters. The lowest BCUT2D eigenvalue weighted by molar-refractivity contribution is -0.132. The molecule has 1 heterocycles. The van der Waals surface area contributed by atoms with E-state index in [1.165, 1.54) is 0 Å².